The minimum atomic E-state index is -4.36. The molecule has 0 spiro atoms. The Morgan fingerprint density at radius 3 is 2.23 bits per heavy atom. The first-order valence-corrected chi connectivity index (χ1v) is 14.0. The van der Waals surface area contributed by atoms with E-state index in [0.717, 1.165) is 30.4 Å². The van der Waals surface area contributed by atoms with Gasteiger partial charge in [0.1, 0.15) is 17.3 Å². The molecule has 0 aliphatic rings. The lowest BCUT2D eigenvalue weighted by atomic mass is 10.0. The van der Waals surface area contributed by atoms with Gasteiger partial charge in [0.25, 0.3) is 0 Å². The van der Waals surface area contributed by atoms with E-state index in [9.17, 15) is 22.4 Å². The topological polar surface area (TPSA) is 96.0 Å². The Labute approximate surface area is 236 Å². The van der Waals surface area contributed by atoms with Crippen LogP contribution >= 0.6 is 11.6 Å². The number of carbonyl (C=O) groups is 2. The number of methoxy groups -OCH3 is 1. The Kier molecular flexibility index (Phi) is 9.19. The summed E-state index contributed by atoms with van der Waals surface area (Å²) >= 11 is 6.31. The summed E-state index contributed by atoms with van der Waals surface area (Å²) < 4.78 is 57.4. The van der Waals surface area contributed by atoms with Crippen LogP contribution in [0.1, 0.15) is 21.5 Å². The van der Waals surface area contributed by atoms with Crippen molar-refractivity contribution in [1.29, 1.82) is 0 Å². The lowest BCUT2D eigenvalue weighted by molar-refractivity contribution is -0.147. The average molecular weight is 583 g/mol. The van der Waals surface area contributed by atoms with Crippen LogP contribution in [0.15, 0.2) is 95.9 Å². The van der Waals surface area contributed by atoms with E-state index in [4.69, 9.17) is 25.8 Å². The molecule has 40 heavy (non-hydrogen) atoms. The number of carbonyl (C=O) groups excluding carboxylic acids is 2. The number of hydrogen-bond donors (Lipinski definition) is 0. The van der Waals surface area contributed by atoms with Gasteiger partial charge in [0.15, 0.2) is 22.2 Å². The highest BCUT2D eigenvalue weighted by Crippen LogP contribution is 2.36. The first-order chi connectivity index (χ1) is 19.2. The minimum absolute atomic E-state index is 0.0137. The number of rotatable bonds is 10. The molecule has 4 rings (SSSR count). The minimum Gasteiger partial charge on any atom is -0.479 e. The normalized spacial score (nSPS) is 11.1. The highest BCUT2D eigenvalue weighted by atomic mass is 35.5. The van der Waals surface area contributed by atoms with Crippen molar-refractivity contribution >= 4 is 33.4 Å². The first kappa shape index (κ1) is 28.8. The monoisotopic (exact) mass is 582 g/mol. The smallest absolute Gasteiger partial charge is 0.344 e. The van der Waals surface area contributed by atoms with Crippen molar-refractivity contribution < 1.29 is 36.6 Å². The van der Waals surface area contributed by atoms with Gasteiger partial charge in [-0.05, 0) is 41.0 Å². The predicted molar refractivity (Wildman–Crippen MR) is 147 cm³/mol. The van der Waals surface area contributed by atoms with Crippen LogP contribution in [-0.2, 0) is 36.5 Å². The quantitative estimate of drug-likeness (QED) is 0.211. The third-order valence-electron chi connectivity index (χ3n) is 5.84. The molecule has 0 heterocycles. The second-order valence-electron chi connectivity index (χ2n) is 8.64. The molecule has 0 aliphatic carbocycles. The van der Waals surface area contributed by atoms with Crippen LogP contribution in [0.4, 0.5) is 4.39 Å². The Balaban J connectivity index is 1.63. The Hall–Kier alpha value is -4.21. The molecule has 0 atom stereocenters. The summed E-state index contributed by atoms with van der Waals surface area (Å²) in [5.41, 5.74) is 1.87. The van der Waals surface area contributed by atoms with Crippen LogP contribution in [0.25, 0.3) is 11.1 Å². The van der Waals surface area contributed by atoms with E-state index >= 15 is 0 Å². The number of ether oxygens (including phenoxy) is 3. The molecule has 4 aromatic rings. The summed E-state index contributed by atoms with van der Waals surface area (Å²) in [5, 5.41) is -0.254. The Morgan fingerprint density at radius 1 is 0.875 bits per heavy atom. The summed E-state index contributed by atoms with van der Waals surface area (Å²) in [6.07, 6.45) is 0. The van der Waals surface area contributed by atoms with Crippen molar-refractivity contribution in [3.8, 4) is 16.9 Å². The molecule has 4 aromatic carbocycles. The van der Waals surface area contributed by atoms with E-state index in [1.54, 1.807) is 30.3 Å². The molecule has 0 saturated carbocycles. The maximum absolute atomic E-state index is 14.8. The molecular weight excluding hydrogens is 559 g/mol. The van der Waals surface area contributed by atoms with E-state index < -0.39 is 44.8 Å². The fraction of sp³-hybridized carbons (Fsp3) is 0.133. The SMILES string of the molecule is COC(=O)c1cc(Cl)c(OCC(=O)OCc2ccccc2)c(S(=O)(=O)Cc2cc(-c3ccccc3)ccc2F)c1. The summed E-state index contributed by atoms with van der Waals surface area (Å²) in [4.78, 5) is 24.0. The highest BCUT2D eigenvalue weighted by molar-refractivity contribution is 7.90. The van der Waals surface area contributed by atoms with E-state index in [1.807, 2.05) is 36.4 Å². The molecule has 0 saturated heterocycles. The molecule has 0 aliphatic heterocycles. The number of esters is 2. The van der Waals surface area contributed by atoms with Gasteiger partial charge in [0, 0.05) is 5.56 Å². The molecule has 7 nitrogen and oxygen atoms in total. The van der Waals surface area contributed by atoms with Gasteiger partial charge in [-0.1, -0.05) is 78.3 Å². The summed E-state index contributed by atoms with van der Waals surface area (Å²) in [6.45, 7) is -0.676. The molecule has 206 valence electrons. The molecule has 0 unspecified atom stereocenters. The van der Waals surface area contributed by atoms with Gasteiger partial charge < -0.3 is 14.2 Å². The molecule has 0 amide bonds. The summed E-state index contributed by atoms with van der Waals surface area (Å²) in [5.74, 6) is -3.49. The average Bonchev–Trinajstić information content (AvgIpc) is 2.96. The second-order valence-corrected chi connectivity index (χ2v) is 11.0. The molecule has 10 heteroatoms. The first-order valence-electron chi connectivity index (χ1n) is 12.0. The predicted octanol–water partition coefficient (Wildman–Crippen LogP) is 6.03. The van der Waals surface area contributed by atoms with E-state index in [2.05, 4.69) is 0 Å². The van der Waals surface area contributed by atoms with Gasteiger partial charge in [-0.15, -0.1) is 0 Å². The van der Waals surface area contributed by atoms with Gasteiger partial charge in [0.05, 0.1) is 23.4 Å². The molecule has 0 radical (unpaired) electrons. The fourth-order valence-electron chi connectivity index (χ4n) is 3.86. The zero-order valence-electron chi connectivity index (χ0n) is 21.3. The van der Waals surface area contributed by atoms with E-state index in [0.29, 0.717) is 5.56 Å². The van der Waals surface area contributed by atoms with E-state index in [-0.39, 0.29) is 28.5 Å². The van der Waals surface area contributed by atoms with Crippen molar-refractivity contribution in [3.05, 3.63) is 119 Å². The molecule has 0 aromatic heterocycles. The third kappa shape index (κ3) is 7.05. The van der Waals surface area contributed by atoms with Gasteiger partial charge in [0.2, 0.25) is 0 Å². The molecule has 0 bridgehead atoms. The van der Waals surface area contributed by atoms with Crippen LogP contribution in [0.5, 0.6) is 5.75 Å². The standard InChI is InChI=1S/C30H24ClFO7S/c1-37-30(34)23-15-25(31)29(39-18-28(33)38-17-20-8-4-2-5-9-20)27(16-23)40(35,36)19-24-14-22(12-13-26(24)32)21-10-6-3-7-11-21/h2-16H,17-19H2,1H3. The van der Waals surface area contributed by atoms with Gasteiger partial charge in [-0.2, -0.15) is 0 Å². The zero-order valence-corrected chi connectivity index (χ0v) is 22.9. The lowest BCUT2D eigenvalue weighted by Gasteiger charge is -2.15. The second kappa shape index (κ2) is 12.8. The van der Waals surface area contributed by atoms with Crippen molar-refractivity contribution in [3.63, 3.8) is 0 Å². The number of halogens is 2. The van der Waals surface area contributed by atoms with Crippen LogP contribution in [0, 0.1) is 5.82 Å². The fourth-order valence-corrected chi connectivity index (χ4v) is 5.74. The van der Waals surface area contributed by atoms with Crippen molar-refractivity contribution in [1.82, 2.24) is 0 Å². The zero-order chi connectivity index (χ0) is 28.7. The Bertz CT molecular complexity index is 1630. The van der Waals surface area contributed by atoms with Crippen molar-refractivity contribution in [2.24, 2.45) is 0 Å². The lowest BCUT2D eigenvalue weighted by Crippen LogP contribution is -2.17. The molecule has 0 N–H and O–H groups in total. The van der Waals surface area contributed by atoms with E-state index in [1.165, 1.54) is 12.1 Å². The van der Waals surface area contributed by atoms with Crippen LogP contribution < -0.4 is 4.74 Å². The Morgan fingerprint density at radius 2 is 1.55 bits per heavy atom. The number of benzene rings is 4. The van der Waals surface area contributed by atoms with Gasteiger partial charge in [-0.25, -0.2) is 22.4 Å². The van der Waals surface area contributed by atoms with Gasteiger partial charge in [-0.3, -0.25) is 0 Å². The van der Waals surface area contributed by atoms with Crippen LogP contribution in [0.3, 0.4) is 0 Å². The largest absolute Gasteiger partial charge is 0.479 e. The van der Waals surface area contributed by atoms with Crippen LogP contribution in [0.2, 0.25) is 5.02 Å². The summed E-state index contributed by atoms with van der Waals surface area (Å²) in [6, 6.07) is 24.4. The third-order valence-corrected chi connectivity index (χ3v) is 7.79. The molecule has 0 fully saturated rings. The number of sulfone groups is 1. The van der Waals surface area contributed by atoms with Crippen LogP contribution in [-0.4, -0.2) is 34.1 Å². The van der Waals surface area contributed by atoms with Crippen molar-refractivity contribution in [2.75, 3.05) is 13.7 Å². The highest BCUT2D eigenvalue weighted by Gasteiger charge is 2.27. The molecular formula is C30H24ClFO7S. The van der Waals surface area contributed by atoms with Gasteiger partial charge >= 0.3 is 11.9 Å². The maximum Gasteiger partial charge on any atom is 0.344 e. The van der Waals surface area contributed by atoms with Crippen molar-refractivity contribution in [2.45, 2.75) is 17.3 Å². The maximum atomic E-state index is 14.8. The number of hydrogen-bond acceptors (Lipinski definition) is 7. The summed E-state index contributed by atoms with van der Waals surface area (Å²) in [7, 11) is -3.24.